The zero-order valence-electron chi connectivity index (χ0n) is 10.3. The predicted molar refractivity (Wildman–Crippen MR) is 68.4 cm³/mol. The topological polar surface area (TPSA) is 28.2 Å². The number of nitrogens with zero attached hydrogens (tertiary/aromatic N) is 2. The van der Waals surface area contributed by atoms with Gasteiger partial charge in [-0.05, 0) is 25.0 Å². The van der Waals surface area contributed by atoms with Crippen molar-refractivity contribution >= 4 is 17.3 Å². The van der Waals surface area contributed by atoms with Gasteiger partial charge in [0.25, 0.3) is 0 Å². The second kappa shape index (κ2) is 5.96. The van der Waals surface area contributed by atoms with Gasteiger partial charge in [-0.25, -0.2) is 4.98 Å². The van der Waals surface area contributed by atoms with E-state index in [1.54, 1.807) is 12.3 Å². The van der Waals surface area contributed by atoms with Crippen LogP contribution in [0, 0.1) is 0 Å². The van der Waals surface area contributed by atoms with E-state index in [2.05, 4.69) is 10.3 Å². The van der Waals surface area contributed by atoms with Crippen LogP contribution in [-0.4, -0.2) is 41.7 Å². The molecule has 2 rings (SSSR count). The van der Waals surface area contributed by atoms with Crippen LogP contribution in [0.3, 0.4) is 0 Å². The molecule has 0 amide bonds. The first-order valence-corrected chi connectivity index (χ1v) is 6.47. The molecule has 1 aliphatic rings. The van der Waals surface area contributed by atoms with E-state index in [4.69, 9.17) is 11.6 Å². The van der Waals surface area contributed by atoms with E-state index in [1.165, 1.54) is 4.90 Å². The molecule has 1 saturated heterocycles. The number of alkyl halides is 3. The van der Waals surface area contributed by atoms with Crippen LogP contribution >= 0.6 is 11.6 Å². The van der Waals surface area contributed by atoms with E-state index >= 15 is 0 Å². The molecule has 1 N–H and O–H groups in total. The van der Waals surface area contributed by atoms with Gasteiger partial charge in [0.1, 0.15) is 5.15 Å². The SMILES string of the molecule is FC(F)(F)CN1CCC(Nc2ccc(Cl)nc2)CC1. The number of nitrogens with one attached hydrogen (secondary N) is 1. The van der Waals surface area contributed by atoms with Crippen molar-refractivity contribution in [1.29, 1.82) is 0 Å². The summed E-state index contributed by atoms with van der Waals surface area (Å²) >= 11 is 5.68. The third-order valence-corrected chi connectivity index (χ3v) is 3.31. The standard InChI is InChI=1S/C12H15ClF3N3/c13-11-2-1-10(7-17-11)18-9-3-5-19(6-4-9)8-12(14,15)16/h1-2,7,9,18H,3-6,8H2. The Bertz CT molecular complexity index is 400. The van der Waals surface area contributed by atoms with Gasteiger partial charge in [-0.3, -0.25) is 4.90 Å². The maximum absolute atomic E-state index is 12.2. The Morgan fingerprint density at radius 3 is 2.53 bits per heavy atom. The zero-order valence-corrected chi connectivity index (χ0v) is 11.0. The molecule has 0 aromatic carbocycles. The molecule has 0 aliphatic carbocycles. The molecule has 1 fully saturated rings. The molecule has 1 aromatic heterocycles. The van der Waals surface area contributed by atoms with Crippen LogP contribution in [0.15, 0.2) is 18.3 Å². The summed E-state index contributed by atoms with van der Waals surface area (Å²) < 4.78 is 36.7. The predicted octanol–water partition coefficient (Wildman–Crippen LogP) is 3.17. The van der Waals surface area contributed by atoms with Crippen LogP contribution in [0.2, 0.25) is 5.15 Å². The number of hydrogen-bond acceptors (Lipinski definition) is 3. The molecule has 0 atom stereocenters. The number of piperidine rings is 1. The summed E-state index contributed by atoms with van der Waals surface area (Å²) in [6.07, 6.45) is -1.10. The number of rotatable bonds is 3. The fourth-order valence-corrected chi connectivity index (χ4v) is 2.30. The van der Waals surface area contributed by atoms with Gasteiger partial charge in [0.2, 0.25) is 0 Å². The quantitative estimate of drug-likeness (QED) is 0.868. The highest BCUT2D eigenvalue weighted by molar-refractivity contribution is 6.29. The molecule has 0 spiro atoms. The van der Waals surface area contributed by atoms with Gasteiger partial charge in [0.05, 0.1) is 18.4 Å². The smallest absolute Gasteiger partial charge is 0.381 e. The normalized spacial score (nSPS) is 18.5. The Kier molecular flexibility index (Phi) is 4.52. The number of hydrogen-bond donors (Lipinski definition) is 1. The summed E-state index contributed by atoms with van der Waals surface area (Å²) in [5.74, 6) is 0. The lowest BCUT2D eigenvalue weighted by atomic mass is 10.0. The van der Waals surface area contributed by atoms with Crippen molar-refractivity contribution in [3.05, 3.63) is 23.5 Å². The van der Waals surface area contributed by atoms with Crippen molar-refractivity contribution in [1.82, 2.24) is 9.88 Å². The molecular weight excluding hydrogens is 279 g/mol. The molecular formula is C12H15ClF3N3. The highest BCUT2D eigenvalue weighted by Crippen LogP contribution is 2.21. The average molecular weight is 294 g/mol. The van der Waals surface area contributed by atoms with E-state index < -0.39 is 12.7 Å². The lowest BCUT2D eigenvalue weighted by molar-refractivity contribution is -0.147. The Hall–Kier alpha value is -1.01. The largest absolute Gasteiger partial charge is 0.401 e. The minimum atomic E-state index is -4.11. The number of anilines is 1. The monoisotopic (exact) mass is 293 g/mol. The summed E-state index contributed by atoms with van der Waals surface area (Å²) in [6, 6.07) is 3.69. The third kappa shape index (κ3) is 4.87. The fourth-order valence-electron chi connectivity index (χ4n) is 2.19. The first kappa shape index (κ1) is 14.4. The van der Waals surface area contributed by atoms with Crippen LogP contribution in [0.1, 0.15) is 12.8 Å². The van der Waals surface area contributed by atoms with E-state index in [1.807, 2.05) is 6.07 Å². The third-order valence-electron chi connectivity index (χ3n) is 3.09. The van der Waals surface area contributed by atoms with Gasteiger partial charge >= 0.3 is 6.18 Å². The van der Waals surface area contributed by atoms with Gasteiger partial charge in [0, 0.05) is 19.1 Å². The fraction of sp³-hybridized carbons (Fsp3) is 0.583. The Balaban J connectivity index is 1.79. The van der Waals surface area contributed by atoms with Crippen molar-refractivity contribution in [2.75, 3.05) is 25.0 Å². The van der Waals surface area contributed by atoms with E-state index in [9.17, 15) is 13.2 Å². The molecule has 1 aromatic rings. The molecule has 0 saturated carbocycles. The summed E-state index contributed by atoms with van der Waals surface area (Å²) in [5, 5.41) is 3.68. The molecule has 1 aliphatic heterocycles. The Morgan fingerprint density at radius 1 is 1.32 bits per heavy atom. The molecule has 3 nitrogen and oxygen atoms in total. The second-order valence-corrected chi connectivity index (χ2v) is 5.07. The summed E-state index contributed by atoms with van der Waals surface area (Å²) in [6.45, 7) is 0.0958. The molecule has 19 heavy (non-hydrogen) atoms. The van der Waals surface area contributed by atoms with Gasteiger partial charge in [0.15, 0.2) is 0 Å². The Morgan fingerprint density at radius 2 is 2.00 bits per heavy atom. The molecule has 0 radical (unpaired) electrons. The van der Waals surface area contributed by atoms with Crippen molar-refractivity contribution in [2.24, 2.45) is 0 Å². The van der Waals surface area contributed by atoms with Crippen LogP contribution < -0.4 is 5.32 Å². The molecule has 0 bridgehead atoms. The summed E-state index contributed by atoms with van der Waals surface area (Å²) in [4.78, 5) is 5.39. The zero-order chi connectivity index (χ0) is 13.9. The van der Waals surface area contributed by atoms with E-state index in [0.717, 1.165) is 5.69 Å². The van der Waals surface area contributed by atoms with E-state index in [0.29, 0.717) is 31.1 Å². The summed E-state index contributed by atoms with van der Waals surface area (Å²) in [7, 11) is 0. The number of pyridine rings is 1. The van der Waals surface area contributed by atoms with Crippen molar-refractivity contribution < 1.29 is 13.2 Å². The highest BCUT2D eigenvalue weighted by atomic mass is 35.5. The first-order valence-electron chi connectivity index (χ1n) is 6.09. The molecule has 0 unspecified atom stereocenters. The lowest BCUT2D eigenvalue weighted by Crippen LogP contribution is -2.43. The molecule has 106 valence electrons. The number of halogens is 4. The lowest BCUT2D eigenvalue weighted by Gasteiger charge is -2.33. The van der Waals surface area contributed by atoms with Crippen molar-refractivity contribution in [3.63, 3.8) is 0 Å². The maximum atomic E-state index is 12.2. The molecule has 7 heteroatoms. The highest BCUT2D eigenvalue weighted by Gasteiger charge is 2.32. The van der Waals surface area contributed by atoms with Crippen molar-refractivity contribution in [3.8, 4) is 0 Å². The number of likely N-dealkylation sites (tertiary alicyclic amines) is 1. The average Bonchev–Trinajstić information content (AvgIpc) is 2.33. The van der Waals surface area contributed by atoms with Crippen molar-refractivity contribution in [2.45, 2.75) is 25.1 Å². The number of aromatic nitrogens is 1. The maximum Gasteiger partial charge on any atom is 0.401 e. The van der Waals surface area contributed by atoms with E-state index in [-0.39, 0.29) is 6.04 Å². The van der Waals surface area contributed by atoms with Crippen LogP contribution in [0.4, 0.5) is 18.9 Å². The van der Waals surface area contributed by atoms with Gasteiger partial charge < -0.3 is 5.32 Å². The van der Waals surface area contributed by atoms with Gasteiger partial charge in [-0.1, -0.05) is 11.6 Å². The van der Waals surface area contributed by atoms with Crippen LogP contribution in [0.25, 0.3) is 0 Å². The minimum absolute atomic E-state index is 0.187. The summed E-state index contributed by atoms with van der Waals surface area (Å²) in [5.41, 5.74) is 0.846. The van der Waals surface area contributed by atoms with Gasteiger partial charge in [-0.15, -0.1) is 0 Å². The van der Waals surface area contributed by atoms with Gasteiger partial charge in [-0.2, -0.15) is 13.2 Å². The van der Waals surface area contributed by atoms with Crippen LogP contribution in [-0.2, 0) is 0 Å². The first-order chi connectivity index (χ1) is 8.92. The molecule has 2 heterocycles. The minimum Gasteiger partial charge on any atom is -0.381 e. The van der Waals surface area contributed by atoms with Crippen LogP contribution in [0.5, 0.6) is 0 Å². The second-order valence-electron chi connectivity index (χ2n) is 4.68. The Labute approximate surface area is 114 Å².